The van der Waals surface area contributed by atoms with Gasteiger partial charge >= 0.3 is 0 Å². The number of aryl methyl sites for hydroxylation is 1. The standard InChI is InChI=1S/C15H14ClNO3S2/c1-4-10-11(5-2)15(18)12(16)8-13(10)17-22(19,20)14-6-7-21-9(14)3/h4-8,17-18H,1-2H2,3H3. The molecule has 0 aliphatic carbocycles. The van der Waals surface area contributed by atoms with E-state index in [1.54, 1.807) is 12.3 Å². The molecule has 116 valence electrons. The predicted octanol–water partition coefficient (Wildman–Crippen LogP) is 4.50. The molecule has 0 aliphatic rings. The molecule has 0 bridgehead atoms. The molecule has 0 aliphatic heterocycles. The number of phenols is 1. The molecule has 22 heavy (non-hydrogen) atoms. The Balaban J connectivity index is 2.59. The first-order valence-corrected chi connectivity index (χ1v) is 8.93. The number of phenolic OH excluding ortho intramolecular Hbond substituents is 1. The van der Waals surface area contributed by atoms with Gasteiger partial charge in [0.2, 0.25) is 0 Å². The van der Waals surface area contributed by atoms with Crippen molar-refractivity contribution in [3.05, 3.63) is 51.7 Å². The van der Waals surface area contributed by atoms with Crippen molar-refractivity contribution in [3.63, 3.8) is 0 Å². The Morgan fingerprint density at radius 1 is 1.32 bits per heavy atom. The van der Waals surface area contributed by atoms with Crippen LogP contribution in [0.15, 0.2) is 35.6 Å². The second-order valence-corrected chi connectivity index (χ2v) is 7.61. The van der Waals surface area contributed by atoms with Crippen molar-refractivity contribution >= 4 is 50.8 Å². The number of halogens is 1. The number of hydrogen-bond acceptors (Lipinski definition) is 4. The summed E-state index contributed by atoms with van der Waals surface area (Å²) in [6.45, 7) is 8.98. The van der Waals surface area contributed by atoms with Gasteiger partial charge in [-0.05, 0) is 24.4 Å². The maximum Gasteiger partial charge on any atom is 0.263 e. The van der Waals surface area contributed by atoms with Gasteiger partial charge in [0.25, 0.3) is 10.0 Å². The van der Waals surface area contributed by atoms with Crippen LogP contribution in [0.25, 0.3) is 12.2 Å². The number of hydrogen-bond donors (Lipinski definition) is 2. The Morgan fingerprint density at radius 2 is 1.95 bits per heavy atom. The van der Waals surface area contributed by atoms with Gasteiger partial charge in [0.1, 0.15) is 10.6 Å². The van der Waals surface area contributed by atoms with Crippen LogP contribution in [0.2, 0.25) is 5.02 Å². The van der Waals surface area contributed by atoms with Crippen molar-refractivity contribution in [3.8, 4) is 5.75 Å². The molecule has 2 aromatic rings. The molecule has 7 heteroatoms. The number of aromatic hydroxyl groups is 1. The molecule has 0 amide bonds. The fraction of sp³-hybridized carbons (Fsp3) is 0.0667. The summed E-state index contributed by atoms with van der Waals surface area (Å²) in [6.07, 6.45) is 2.83. The van der Waals surface area contributed by atoms with E-state index in [0.717, 1.165) is 0 Å². The molecule has 1 aromatic carbocycles. The maximum absolute atomic E-state index is 12.5. The summed E-state index contributed by atoms with van der Waals surface area (Å²) in [5.74, 6) is -0.166. The van der Waals surface area contributed by atoms with Crippen LogP contribution in [0, 0.1) is 6.92 Å². The lowest BCUT2D eigenvalue weighted by Gasteiger charge is -2.15. The molecule has 0 saturated carbocycles. The van der Waals surface area contributed by atoms with Gasteiger partial charge in [0.15, 0.2) is 0 Å². The molecule has 0 unspecified atom stereocenters. The zero-order valence-corrected chi connectivity index (χ0v) is 14.1. The van der Waals surface area contributed by atoms with Gasteiger partial charge in [-0.15, -0.1) is 11.3 Å². The Labute approximate surface area is 138 Å². The van der Waals surface area contributed by atoms with Crippen LogP contribution in [0.4, 0.5) is 5.69 Å². The average Bonchev–Trinajstić information content (AvgIpc) is 2.89. The summed E-state index contributed by atoms with van der Waals surface area (Å²) < 4.78 is 27.4. The zero-order valence-electron chi connectivity index (χ0n) is 11.8. The van der Waals surface area contributed by atoms with Crippen molar-refractivity contribution in [1.82, 2.24) is 0 Å². The highest BCUT2D eigenvalue weighted by Gasteiger charge is 2.21. The molecule has 2 N–H and O–H groups in total. The second kappa shape index (κ2) is 6.16. The summed E-state index contributed by atoms with van der Waals surface area (Å²) in [4.78, 5) is 0.887. The number of anilines is 1. The minimum atomic E-state index is -3.75. The van der Waals surface area contributed by atoms with Crippen LogP contribution in [0.1, 0.15) is 16.0 Å². The highest BCUT2D eigenvalue weighted by atomic mass is 35.5. The Hall–Kier alpha value is -1.76. The van der Waals surface area contributed by atoms with Gasteiger partial charge in [-0.1, -0.05) is 36.9 Å². The monoisotopic (exact) mass is 355 g/mol. The largest absolute Gasteiger partial charge is 0.506 e. The summed E-state index contributed by atoms with van der Waals surface area (Å²) in [5, 5.41) is 11.7. The molecule has 2 rings (SSSR count). The number of nitrogens with one attached hydrogen (secondary N) is 1. The van der Waals surface area contributed by atoms with Crippen LogP contribution in [0.5, 0.6) is 5.75 Å². The Bertz CT molecular complexity index is 854. The van der Waals surface area contributed by atoms with Crippen LogP contribution < -0.4 is 4.72 Å². The van der Waals surface area contributed by atoms with E-state index in [-0.39, 0.29) is 21.4 Å². The third kappa shape index (κ3) is 2.90. The van der Waals surface area contributed by atoms with E-state index < -0.39 is 10.0 Å². The molecular weight excluding hydrogens is 342 g/mol. The molecule has 0 spiro atoms. The first kappa shape index (κ1) is 16.6. The van der Waals surface area contributed by atoms with Crippen LogP contribution >= 0.6 is 22.9 Å². The van der Waals surface area contributed by atoms with Gasteiger partial charge in [0.05, 0.1) is 10.7 Å². The van der Waals surface area contributed by atoms with Crippen LogP contribution in [0.3, 0.4) is 0 Å². The minimum absolute atomic E-state index is 0.0280. The maximum atomic E-state index is 12.5. The topological polar surface area (TPSA) is 66.4 Å². The number of benzene rings is 1. The molecule has 0 atom stereocenters. The highest BCUT2D eigenvalue weighted by Crippen LogP contribution is 2.38. The van der Waals surface area contributed by atoms with Gasteiger partial charge < -0.3 is 5.11 Å². The molecule has 0 fully saturated rings. The number of rotatable bonds is 5. The summed E-state index contributed by atoms with van der Waals surface area (Å²) in [6, 6.07) is 2.88. The molecule has 0 radical (unpaired) electrons. The summed E-state index contributed by atoms with van der Waals surface area (Å²) >= 11 is 7.29. The molecule has 1 heterocycles. The van der Waals surface area contributed by atoms with E-state index in [1.807, 2.05) is 0 Å². The van der Waals surface area contributed by atoms with Crippen molar-refractivity contribution in [2.75, 3.05) is 4.72 Å². The summed E-state index contributed by atoms with van der Waals surface area (Å²) in [5.41, 5.74) is 0.967. The van der Waals surface area contributed by atoms with E-state index in [2.05, 4.69) is 17.9 Å². The first-order valence-electron chi connectivity index (χ1n) is 6.19. The van der Waals surface area contributed by atoms with Crippen molar-refractivity contribution in [1.29, 1.82) is 0 Å². The SMILES string of the molecule is C=Cc1c(NS(=O)(=O)c2ccsc2C)cc(Cl)c(O)c1C=C. The minimum Gasteiger partial charge on any atom is -0.506 e. The fourth-order valence-electron chi connectivity index (χ4n) is 2.04. The lowest BCUT2D eigenvalue weighted by molar-refractivity contribution is 0.474. The highest BCUT2D eigenvalue weighted by molar-refractivity contribution is 7.93. The smallest absolute Gasteiger partial charge is 0.263 e. The Morgan fingerprint density at radius 3 is 2.45 bits per heavy atom. The average molecular weight is 356 g/mol. The van der Waals surface area contributed by atoms with Crippen molar-refractivity contribution in [2.24, 2.45) is 0 Å². The van der Waals surface area contributed by atoms with E-state index in [0.29, 0.717) is 16.0 Å². The Kier molecular flexibility index (Phi) is 4.65. The fourth-order valence-corrected chi connectivity index (χ4v) is 4.59. The van der Waals surface area contributed by atoms with Gasteiger partial charge in [0, 0.05) is 16.0 Å². The second-order valence-electron chi connectivity index (χ2n) is 4.44. The lowest BCUT2D eigenvalue weighted by atomic mass is 10.0. The zero-order chi connectivity index (χ0) is 16.5. The lowest BCUT2D eigenvalue weighted by Crippen LogP contribution is -2.14. The predicted molar refractivity (Wildman–Crippen MR) is 93.2 cm³/mol. The number of sulfonamides is 1. The van der Waals surface area contributed by atoms with E-state index >= 15 is 0 Å². The van der Waals surface area contributed by atoms with Crippen molar-refractivity contribution < 1.29 is 13.5 Å². The molecule has 4 nitrogen and oxygen atoms in total. The molecule has 1 aromatic heterocycles. The quantitative estimate of drug-likeness (QED) is 0.776. The third-order valence-electron chi connectivity index (χ3n) is 3.09. The first-order chi connectivity index (χ1) is 10.3. The van der Waals surface area contributed by atoms with Crippen LogP contribution in [-0.4, -0.2) is 13.5 Å². The van der Waals surface area contributed by atoms with Gasteiger partial charge in [-0.25, -0.2) is 8.42 Å². The number of thiophene rings is 1. The van der Waals surface area contributed by atoms with E-state index in [1.165, 1.54) is 35.6 Å². The third-order valence-corrected chi connectivity index (χ3v) is 5.86. The molecule has 0 saturated heterocycles. The van der Waals surface area contributed by atoms with Crippen molar-refractivity contribution in [2.45, 2.75) is 11.8 Å². The van der Waals surface area contributed by atoms with Gasteiger partial charge in [-0.2, -0.15) is 0 Å². The molecular formula is C15H14ClNO3S2. The van der Waals surface area contributed by atoms with Gasteiger partial charge in [-0.3, -0.25) is 4.72 Å². The van der Waals surface area contributed by atoms with E-state index in [9.17, 15) is 13.5 Å². The van der Waals surface area contributed by atoms with E-state index in [4.69, 9.17) is 11.6 Å². The normalized spacial score (nSPS) is 11.2. The summed E-state index contributed by atoms with van der Waals surface area (Å²) in [7, 11) is -3.75. The van der Waals surface area contributed by atoms with Crippen LogP contribution in [-0.2, 0) is 10.0 Å².